The van der Waals surface area contributed by atoms with Crippen LogP contribution < -0.4 is 0 Å². The van der Waals surface area contributed by atoms with Gasteiger partial charge in [-0.3, -0.25) is 0 Å². The van der Waals surface area contributed by atoms with Crippen LogP contribution in [0.3, 0.4) is 0 Å². The fourth-order valence-corrected chi connectivity index (χ4v) is 2.74. The Labute approximate surface area is 111 Å². The molecule has 16 heavy (non-hydrogen) atoms. The molecule has 2 rings (SSSR count). The number of aromatic nitrogens is 1. The molecule has 84 valence electrons. The van der Waals surface area contributed by atoms with Crippen LogP contribution in [0.15, 0.2) is 34.9 Å². The lowest BCUT2D eigenvalue weighted by molar-refractivity contribution is 0.178. The molecule has 0 radical (unpaired) electrons. The summed E-state index contributed by atoms with van der Waals surface area (Å²) in [7, 11) is 0. The van der Waals surface area contributed by atoms with E-state index >= 15 is 0 Å². The molecular formula is C11H9BrClNOS. The third-order valence-corrected chi connectivity index (χ3v) is 4.14. The van der Waals surface area contributed by atoms with E-state index in [1.54, 1.807) is 6.20 Å². The molecule has 0 saturated heterocycles. The highest BCUT2D eigenvalue weighted by atomic mass is 79.9. The minimum Gasteiger partial charge on any atom is -0.386 e. The molecule has 1 atom stereocenters. The van der Waals surface area contributed by atoms with Crippen LogP contribution in [-0.4, -0.2) is 10.1 Å². The normalized spacial score (nSPS) is 12.7. The number of aliphatic hydroxyl groups excluding tert-OH is 1. The molecule has 0 aliphatic carbocycles. The van der Waals surface area contributed by atoms with E-state index in [4.69, 9.17) is 11.6 Å². The summed E-state index contributed by atoms with van der Waals surface area (Å²) in [6.45, 7) is 0. The first kappa shape index (κ1) is 12.0. The Morgan fingerprint density at radius 1 is 1.44 bits per heavy atom. The SMILES string of the molecule is OC(Cc1ccccc1Br)c1ncc(Cl)s1. The van der Waals surface area contributed by atoms with E-state index in [0.717, 1.165) is 10.0 Å². The number of hydrogen-bond donors (Lipinski definition) is 1. The molecule has 2 nitrogen and oxygen atoms in total. The Morgan fingerprint density at radius 2 is 2.19 bits per heavy atom. The molecule has 0 amide bonds. The molecule has 2 aromatic rings. The van der Waals surface area contributed by atoms with Crippen molar-refractivity contribution in [3.8, 4) is 0 Å². The van der Waals surface area contributed by atoms with Gasteiger partial charge in [0.2, 0.25) is 0 Å². The van der Waals surface area contributed by atoms with E-state index in [2.05, 4.69) is 20.9 Å². The average molecular weight is 319 g/mol. The van der Waals surface area contributed by atoms with Gasteiger partial charge < -0.3 is 5.11 Å². The van der Waals surface area contributed by atoms with Crippen molar-refractivity contribution in [1.82, 2.24) is 4.98 Å². The van der Waals surface area contributed by atoms with Crippen molar-refractivity contribution >= 4 is 38.9 Å². The van der Waals surface area contributed by atoms with E-state index in [1.807, 2.05) is 24.3 Å². The van der Waals surface area contributed by atoms with Gasteiger partial charge in [0.25, 0.3) is 0 Å². The maximum atomic E-state index is 9.98. The zero-order chi connectivity index (χ0) is 11.5. The maximum absolute atomic E-state index is 9.98. The number of thiazole rings is 1. The molecular weight excluding hydrogens is 310 g/mol. The van der Waals surface area contributed by atoms with E-state index in [1.165, 1.54) is 11.3 Å². The number of hydrogen-bond acceptors (Lipinski definition) is 3. The van der Waals surface area contributed by atoms with E-state index in [0.29, 0.717) is 15.8 Å². The van der Waals surface area contributed by atoms with Crippen molar-refractivity contribution in [2.45, 2.75) is 12.5 Å². The predicted molar refractivity (Wildman–Crippen MR) is 69.9 cm³/mol. The summed E-state index contributed by atoms with van der Waals surface area (Å²) in [6, 6.07) is 7.82. The Morgan fingerprint density at radius 3 is 2.81 bits per heavy atom. The molecule has 1 N–H and O–H groups in total. The molecule has 1 heterocycles. The van der Waals surface area contributed by atoms with Gasteiger partial charge >= 0.3 is 0 Å². The van der Waals surface area contributed by atoms with E-state index < -0.39 is 6.10 Å². The lowest BCUT2D eigenvalue weighted by Crippen LogP contribution is -2.01. The van der Waals surface area contributed by atoms with Gasteiger partial charge in [-0.05, 0) is 11.6 Å². The van der Waals surface area contributed by atoms with Gasteiger partial charge in [-0.1, -0.05) is 45.7 Å². The number of nitrogens with zero attached hydrogens (tertiary/aromatic N) is 1. The lowest BCUT2D eigenvalue weighted by atomic mass is 10.1. The first-order valence-corrected chi connectivity index (χ1v) is 6.68. The molecule has 0 spiro atoms. The molecule has 0 aliphatic rings. The second-order valence-corrected chi connectivity index (χ2v) is 5.86. The summed E-state index contributed by atoms with van der Waals surface area (Å²) in [4.78, 5) is 4.06. The van der Waals surface area contributed by atoms with Crippen LogP contribution in [0.2, 0.25) is 4.34 Å². The van der Waals surface area contributed by atoms with Crippen molar-refractivity contribution < 1.29 is 5.11 Å². The number of benzene rings is 1. The van der Waals surface area contributed by atoms with Crippen molar-refractivity contribution in [2.75, 3.05) is 0 Å². The minimum atomic E-state index is -0.601. The summed E-state index contributed by atoms with van der Waals surface area (Å²) in [5.41, 5.74) is 1.06. The van der Waals surface area contributed by atoms with Crippen LogP contribution in [0.25, 0.3) is 0 Å². The Balaban J connectivity index is 2.13. The number of rotatable bonds is 3. The first-order valence-electron chi connectivity index (χ1n) is 4.69. The van der Waals surface area contributed by atoms with Gasteiger partial charge in [0.1, 0.15) is 15.4 Å². The second-order valence-electron chi connectivity index (χ2n) is 3.31. The maximum Gasteiger partial charge on any atom is 0.123 e. The molecule has 0 fully saturated rings. The van der Waals surface area contributed by atoms with Crippen molar-refractivity contribution in [3.63, 3.8) is 0 Å². The smallest absolute Gasteiger partial charge is 0.123 e. The Hall–Kier alpha value is -0.420. The molecule has 1 aromatic heterocycles. The van der Waals surface area contributed by atoms with Crippen LogP contribution in [0.4, 0.5) is 0 Å². The molecule has 0 bridgehead atoms. The summed E-state index contributed by atoms with van der Waals surface area (Å²) in [6.07, 6.45) is 1.49. The lowest BCUT2D eigenvalue weighted by Gasteiger charge is -2.08. The summed E-state index contributed by atoms with van der Waals surface area (Å²) >= 11 is 10.5. The predicted octanol–water partition coefficient (Wildman–Crippen LogP) is 3.84. The third kappa shape index (κ3) is 2.83. The highest BCUT2D eigenvalue weighted by Crippen LogP contribution is 2.28. The van der Waals surface area contributed by atoms with Gasteiger partial charge in [0, 0.05) is 10.9 Å². The fourth-order valence-electron chi connectivity index (χ4n) is 1.38. The molecule has 1 aromatic carbocycles. The van der Waals surface area contributed by atoms with Crippen LogP contribution in [0.5, 0.6) is 0 Å². The molecule has 0 saturated carbocycles. The van der Waals surface area contributed by atoms with Gasteiger partial charge in [-0.15, -0.1) is 11.3 Å². The standard InChI is InChI=1S/C11H9BrClNOS/c12-8-4-2-1-3-7(8)5-9(15)11-14-6-10(13)16-11/h1-4,6,9,15H,5H2. The third-order valence-electron chi connectivity index (χ3n) is 2.15. The number of halogens is 2. The van der Waals surface area contributed by atoms with Gasteiger partial charge in [0.15, 0.2) is 0 Å². The monoisotopic (exact) mass is 317 g/mol. The van der Waals surface area contributed by atoms with Gasteiger partial charge in [-0.2, -0.15) is 0 Å². The topological polar surface area (TPSA) is 33.1 Å². The van der Waals surface area contributed by atoms with E-state index in [9.17, 15) is 5.11 Å². The quantitative estimate of drug-likeness (QED) is 0.933. The minimum absolute atomic E-state index is 0.533. The molecule has 1 unspecified atom stereocenters. The van der Waals surface area contributed by atoms with E-state index in [-0.39, 0.29) is 0 Å². The Kier molecular flexibility index (Phi) is 3.97. The largest absolute Gasteiger partial charge is 0.386 e. The van der Waals surface area contributed by atoms with Crippen molar-refractivity contribution in [3.05, 3.63) is 49.8 Å². The van der Waals surface area contributed by atoms with Crippen LogP contribution in [0, 0.1) is 0 Å². The van der Waals surface area contributed by atoms with Gasteiger partial charge in [-0.25, -0.2) is 4.98 Å². The zero-order valence-corrected chi connectivity index (χ0v) is 11.4. The number of aliphatic hydroxyl groups is 1. The van der Waals surface area contributed by atoms with Crippen molar-refractivity contribution in [2.24, 2.45) is 0 Å². The molecule has 5 heteroatoms. The molecule has 0 aliphatic heterocycles. The summed E-state index contributed by atoms with van der Waals surface area (Å²) < 4.78 is 1.60. The van der Waals surface area contributed by atoms with Crippen LogP contribution >= 0.6 is 38.9 Å². The highest BCUT2D eigenvalue weighted by Gasteiger charge is 2.13. The second kappa shape index (κ2) is 5.27. The zero-order valence-electron chi connectivity index (χ0n) is 8.23. The highest BCUT2D eigenvalue weighted by molar-refractivity contribution is 9.10. The first-order chi connectivity index (χ1) is 7.66. The van der Waals surface area contributed by atoms with Crippen molar-refractivity contribution in [1.29, 1.82) is 0 Å². The summed E-state index contributed by atoms with van der Waals surface area (Å²) in [5, 5.41) is 10.6. The van der Waals surface area contributed by atoms with Gasteiger partial charge in [0.05, 0.1) is 6.20 Å². The van der Waals surface area contributed by atoms with Crippen LogP contribution in [-0.2, 0) is 6.42 Å². The Bertz CT molecular complexity index is 488. The fraction of sp³-hybridized carbons (Fsp3) is 0.182. The van der Waals surface area contributed by atoms with Crippen LogP contribution in [0.1, 0.15) is 16.7 Å². The summed E-state index contributed by atoms with van der Waals surface area (Å²) in [5.74, 6) is 0. The average Bonchev–Trinajstić information content (AvgIpc) is 2.68.